The van der Waals surface area contributed by atoms with Gasteiger partial charge >= 0.3 is 0 Å². The topological polar surface area (TPSA) is 59.5 Å². The van der Waals surface area contributed by atoms with Crippen LogP contribution in [0.3, 0.4) is 0 Å². The summed E-state index contributed by atoms with van der Waals surface area (Å²) in [6.45, 7) is 0.973. The van der Waals surface area contributed by atoms with Crippen LogP contribution in [0.1, 0.15) is 19.3 Å². The van der Waals surface area contributed by atoms with E-state index >= 15 is 0 Å². The highest BCUT2D eigenvalue weighted by molar-refractivity contribution is 7.93. The first-order valence-corrected chi connectivity index (χ1v) is 11.0. The fourth-order valence-corrected chi connectivity index (χ4v) is 5.75. The van der Waals surface area contributed by atoms with Crippen LogP contribution < -0.4 is 4.31 Å². The molecule has 1 fully saturated rings. The van der Waals surface area contributed by atoms with Gasteiger partial charge in [0.05, 0.1) is 27.8 Å². The minimum absolute atomic E-state index is 0.103. The van der Waals surface area contributed by atoms with Crippen molar-refractivity contribution in [2.75, 3.05) is 17.5 Å². The normalized spacial score (nSPS) is 18.1. The monoisotopic (exact) mass is 388 g/mol. The molecule has 1 aliphatic rings. The molecule has 1 aliphatic heterocycles. The molecule has 2 aromatic carbocycles. The van der Waals surface area contributed by atoms with E-state index in [1.165, 1.54) is 15.6 Å². The van der Waals surface area contributed by atoms with Gasteiger partial charge in [-0.2, -0.15) is 0 Å². The first-order chi connectivity index (χ1) is 12.6. The van der Waals surface area contributed by atoms with Crippen molar-refractivity contribution in [1.82, 2.24) is 4.98 Å². The van der Waals surface area contributed by atoms with E-state index in [2.05, 4.69) is 4.98 Å². The third kappa shape index (κ3) is 3.47. The van der Waals surface area contributed by atoms with Crippen molar-refractivity contribution in [2.24, 2.45) is 0 Å². The van der Waals surface area contributed by atoms with E-state index < -0.39 is 10.0 Å². The summed E-state index contributed by atoms with van der Waals surface area (Å²) < 4.78 is 34.8. The molecule has 0 spiro atoms. The van der Waals surface area contributed by atoms with Gasteiger partial charge in [-0.15, -0.1) is 0 Å². The van der Waals surface area contributed by atoms with Crippen LogP contribution in [-0.4, -0.2) is 32.7 Å². The molecule has 0 unspecified atom stereocenters. The average molecular weight is 389 g/mol. The van der Waals surface area contributed by atoms with Gasteiger partial charge in [0.25, 0.3) is 10.0 Å². The van der Waals surface area contributed by atoms with E-state index in [0.29, 0.717) is 11.7 Å². The third-order valence-corrected chi connectivity index (χ3v) is 7.42. The van der Waals surface area contributed by atoms with Crippen LogP contribution in [0.4, 0.5) is 5.13 Å². The Kier molecular flexibility index (Phi) is 4.93. The van der Waals surface area contributed by atoms with Gasteiger partial charge in [0, 0.05) is 6.61 Å². The van der Waals surface area contributed by atoms with E-state index in [1.54, 1.807) is 24.3 Å². The van der Waals surface area contributed by atoms with Gasteiger partial charge in [-0.3, -0.25) is 0 Å². The Morgan fingerprint density at radius 2 is 1.85 bits per heavy atom. The molecular formula is C19H20N2O3S2. The van der Waals surface area contributed by atoms with Crippen molar-refractivity contribution in [3.63, 3.8) is 0 Å². The maximum absolute atomic E-state index is 13.3. The number of ether oxygens (including phenoxy) is 1. The first-order valence-electron chi connectivity index (χ1n) is 8.69. The van der Waals surface area contributed by atoms with Crippen molar-refractivity contribution >= 4 is 36.7 Å². The lowest BCUT2D eigenvalue weighted by atomic mass is 10.1. The zero-order valence-corrected chi connectivity index (χ0v) is 15.9. The van der Waals surface area contributed by atoms with E-state index in [9.17, 15) is 8.42 Å². The Labute approximate surface area is 157 Å². The second-order valence-electron chi connectivity index (χ2n) is 6.30. The number of benzene rings is 2. The summed E-state index contributed by atoms with van der Waals surface area (Å²) in [5.74, 6) is 0. The standard InChI is InChI=1S/C19H20N2O3S2/c22-26(23,16-9-2-1-3-10-16)21(14-15-8-6-7-13-24-15)19-20-17-11-4-5-12-18(17)25-19/h1-5,9-12,15H,6-8,13-14H2/t15-/m1/s1. The number of rotatable bonds is 5. The molecule has 0 bridgehead atoms. The molecule has 1 saturated heterocycles. The van der Waals surface area contributed by atoms with Crippen LogP contribution >= 0.6 is 11.3 Å². The number of anilines is 1. The molecule has 136 valence electrons. The number of fused-ring (bicyclic) bond motifs is 1. The Hall–Kier alpha value is -1.96. The molecule has 0 aliphatic carbocycles. The number of nitrogens with zero attached hydrogens (tertiary/aromatic N) is 2. The Morgan fingerprint density at radius 1 is 1.08 bits per heavy atom. The Balaban J connectivity index is 1.75. The lowest BCUT2D eigenvalue weighted by Crippen LogP contribution is -2.39. The number of thiazole rings is 1. The molecule has 3 aromatic rings. The summed E-state index contributed by atoms with van der Waals surface area (Å²) in [5, 5.41) is 0.490. The summed E-state index contributed by atoms with van der Waals surface area (Å²) in [5.41, 5.74) is 0.810. The zero-order valence-electron chi connectivity index (χ0n) is 14.2. The lowest BCUT2D eigenvalue weighted by Gasteiger charge is -2.29. The SMILES string of the molecule is O=S(=O)(c1ccccc1)N(C[C@H]1CCCCO1)c1nc2ccccc2s1. The fourth-order valence-electron chi connectivity index (χ4n) is 3.10. The Bertz CT molecular complexity index is 947. The molecule has 0 saturated carbocycles. The van der Waals surface area contributed by atoms with Gasteiger partial charge < -0.3 is 4.74 Å². The zero-order chi connectivity index (χ0) is 18.0. The van der Waals surface area contributed by atoms with Crippen molar-refractivity contribution in [1.29, 1.82) is 0 Å². The van der Waals surface area contributed by atoms with Crippen molar-refractivity contribution in [3.8, 4) is 0 Å². The summed E-state index contributed by atoms with van der Waals surface area (Å²) in [6.07, 6.45) is 2.85. The molecule has 2 heterocycles. The van der Waals surface area contributed by atoms with E-state index in [1.807, 2.05) is 30.3 Å². The van der Waals surface area contributed by atoms with Gasteiger partial charge in [0.15, 0.2) is 0 Å². The number of aromatic nitrogens is 1. The van der Waals surface area contributed by atoms with E-state index in [4.69, 9.17) is 4.74 Å². The average Bonchev–Trinajstić information content (AvgIpc) is 3.11. The van der Waals surface area contributed by atoms with Crippen LogP contribution in [0.5, 0.6) is 0 Å². The highest BCUT2D eigenvalue weighted by Gasteiger charge is 2.31. The second kappa shape index (κ2) is 7.34. The minimum atomic E-state index is -3.70. The quantitative estimate of drug-likeness (QED) is 0.661. The first kappa shape index (κ1) is 17.5. The van der Waals surface area contributed by atoms with Gasteiger partial charge in [0.1, 0.15) is 0 Å². The van der Waals surface area contributed by atoms with E-state index in [-0.39, 0.29) is 17.5 Å². The Morgan fingerprint density at radius 3 is 2.58 bits per heavy atom. The molecular weight excluding hydrogens is 368 g/mol. The second-order valence-corrected chi connectivity index (χ2v) is 9.17. The van der Waals surface area contributed by atoms with Crippen molar-refractivity contribution in [3.05, 3.63) is 54.6 Å². The molecule has 1 atom stereocenters. The van der Waals surface area contributed by atoms with Crippen LogP contribution in [-0.2, 0) is 14.8 Å². The third-order valence-electron chi connectivity index (χ3n) is 4.47. The lowest BCUT2D eigenvalue weighted by molar-refractivity contribution is 0.0228. The summed E-state index contributed by atoms with van der Waals surface area (Å²) >= 11 is 1.40. The molecule has 1 aromatic heterocycles. The predicted octanol–water partition coefficient (Wildman–Crippen LogP) is 4.06. The molecule has 0 amide bonds. The molecule has 4 rings (SSSR count). The number of hydrogen-bond acceptors (Lipinski definition) is 5. The highest BCUT2D eigenvalue weighted by Crippen LogP contribution is 2.33. The van der Waals surface area contributed by atoms with Crippen LogP contribution in [0.15, 0.2) is 59.5 Å². The predicted molar refractivity (Wildman–Crippen MR) is 104 cm³/mol. The molecule has 5 nitrogen and oxygen atoms in total. The smallest absolute Gasteiger partial charge is 0.266 e. The maximum Gasteiger partial charge on any atom is 0.266 e. The van der Waals surface area contributed by atoms with Gasteiger partial charge in [-0.1, -0.05) is 41.7 Å². The maximum atomic E-state index is 13.3. The van der Waals surface area contributed by atoms with Gasteiger partial charge in [0.2, 0.25) is 5.13 Å². The highest BCUT2D eigenvalue weighted by atomic mass is 32.2. The van der Waals surface area contributed by atoms with Crippen LogP contribution in [0.25, 0.3) is 10.2 Å². The minimum Gasteiger partial charge on any atom is -0.376 e. The van der Waals surface area contributed by atoms with Crippen molar-refractivity contribution in [2.45, 2.75) is 30.3 Å². The summed E-state index contributed by atoms with van der Waals surface area (Å²) in [4.78, 5) is 4.85. The number of para-hydroxylation sites is 1. The van der Waals surface area contributed by atoms with Crippen LogP contribution in [0.2, 0.25) is 0 Å². The van der Waals surface area contributed by atoms with Crippen LogP contribution in [0, 0.1) is 0 Å². The van der Waals surface area contributed by atoms with Crippen molar-refractivity contribution < 1.29 is 13.2 Å². The fraction of sp³-hybridized carbons (Fsp3) is 0.316. The molecule has 0 N–H and O–H groups in total. The van der Waals surface area contributed by atoms with E-state index in [0.717, 1.165) is 29.5 Å². The summed E-state index contributed by atoms with van der Waals surface area (Å²) in [6, 6.07) is 16.2. The number of hydrogen-bond donors (Lipinski definition) is 0. The molecule has 7 heteroatoms. The molecule has 0 radical (unpaired) electrons. The largest absolute Gasteiger partial charge is 0.376 e. The molecule has 26 heavy (non-hydrogen) atoms. The van der Waals surface area contributed by atoms with Gasteiger partial charge in [-0.25, -0.2) is 17.7 Å². The number of sulfonamides is 1. The van der Waals surface area contributed by atoms with Gasteiger partial charge in [-0.05, 0) is 43.5 Å². The summed E-state index contributed by atoms with van der Waals surface area (Å²) in [7, 11) is -3.70.